The number of alkyl carbamates (subject to hydrolysis) is 1. The van der Waals surface area contributed by atoms with Crippen molar-refractivity contribution in [2.45, 2.75) is 38.5 Å². The summed E-state index contributed by atoms with van der Waals surface area (Å²) in [5, 5.41) is 2.67. The molecular weight excluding hydrogens is 293 g/mol. The predicted molar refractivity (Wildman–Crippen MR) is 67.0 cm³/mol. The van der Waals surface area contributed by atoms with E-state index in [1.54, 1.807) is 0 Å². The second-order valence-electron chi connectivity index (χ2n) is 3.23. The summed E-state index contributed by atoms with van der Waals surface area (Å²) < 4.78 is 5.72. The van der Waals surface area contributed by atoms with Gasteiger partial charge in [0.2, 0.25) is 0 Å². The van der Waals surface area contributed by atoms with E-state index < -0.39 is 0 Å². The average molecular weight is 313 g/mol. The van der Waals surface area contributed by atoms with Gasteiger partial charge in [0.15, 0.2) is 0 Å². The third-order valence-corrected chi connectivity index (χ3v) is 2.78. The number of alkyl halides is 1. The van der Waals surface area contributed by atoms with Crippen LogP contribution in [0.4, 0.5) is 4.79 Å². The van der Waals surface area contributed by atoms with Gasteiger partial charge in [0.1, 0.15) is 0 Å². The van der Waals surface area contributed by atoms with E-state index in [9.17, 15) is 4.79 Å². The molecule has 0 unspecified atom stereocenters. The Morgan fingerprint density at radius 2 is 1.71 bits per heavy atom. The van der Waals surface area contributed by atoms with Gasteiger partial charge in [-0.1, -0.05) is 48.3 Å². The van der Waals surface area contributed by atoms with Gasteiger partial charge in [-0.15, -0.1) is 0 Å². The Bertz CT molecular complexity index is 142. The van der Waals surface area contributed by atoms with Crippen LogP contribution in [0.3, 0.4) is 0 Å². The molecule has 0 fully saturated rings. The number of hydrogen-bond donors (Lipinski definition) is 1. The maximum atomic E-state index is 10.7. The Labute approximate surface area is 100 Å². The van der Waals surface area contributed by atoms with Crippen LogP contribution >= 0.6 is 22.6 Å². The molecule has 0 heterocycles. The molecule has 0 aliphatic carbocycles. The largest absolute Gasteiger partial charge is 0.453 e. The van der Waals surface area contributed by atoms with Crippen LogP contribution in [0.5, 0.6) is 0 Å². The molecule has 0 aromatic carbocycles. The Hall–Kier alpha value is 0. The lowest BCUT2D eigenvalue weighted by Crippen LogP contribution is -2.23. The van der Waals surface area contributed by atoms with Crippen LogP contribution in [0.15, 0.2) is 0 Å². The van der Waals surface area contributed by atoms with Gasteiger partial charge < -0.3 is 10.1 Å². The van der Waals surface area contributed by atoms with E-state index in [1.807, 2.05) is 0 Å². The van der Waals surface area contributed by atoms with Crippen molar-refractivity contribution in [1.29, 1.82) is 0 Å². The number of rotatable bonds is 8. The van der Waals surface area contributed by atoms with Crippen molar-refractivity contribution in [3.05, 3.63) is 0 Å². The summed E-state index contributed by atoms with van der Waals surface area (Å²) in [6.07, 6.45) is 7.20. The number of carbonyl (C=O) groups excluding carboxylic acids is 1. The highest BCUT2D eigenvalue weighted by Gasteiger charge is 1.96. The van der Waals surface area contributed by atoms with Crippen molar-refractivity contribution in [3.8, 4) is 0 Å². The van der Waals surface area contributed by atoms with Gasteiger partial charge in [0.05, 0.1) is 7.11 Å². The molecule has 0 aliphatic heterocycles. The lowest BCUT2D eigenvalue weighted by atomic mass is 10.1. The van der Waals surface area contributed by atoms with Gasteiger partial charge >= 0.3 is 6.09 Å². The number of unbranched alkanes of at least 4 members (excludes halogenated alkanes) is 5. The van der Waals surface area contributed by atoms with Gasteiger partial charge in [0, 0.05) is 6.54 Å². The zero-order valence-electron chi connectivity index (χ0n) is 8.85. The molecule has 0 atom stereocenters. The topological polar surface area (TPSA) is 38.3 Å². The smallest absolute Gasteiger partial charge is 0.406 e. The standard InChI is InChI=1S/C10H20INO2/c1-14-10(13)12-9-7-5-3-2-4-6-8-11/h2-9H2,1H3,(H,12,13). The molecule has 0 radical (unpaired) electrons. The highest BCUT2D eigenvalue weighted by atomic mass is 127. The minimum Gasteiger partial charge on any atom is -0.453 e. The molecule has 14 heavy (non-hydrogen) atoms. The second kappa shape index (κ2) is 11.1. The number of halogens is 1. The lowest BCUT2D eigenvalue weighted by Gasteiger charge is -2.03. The minimum atomic E-state index is -0.324. The number of amides is 1. The fraction of sp³-hybridized carbons (Fsp3) is 0.900. The Morgan fingerprint density at radius 3 is 2.29 bits per heavy atom. The molecule has 1 amide bonds. The van der Waals surface area contributed by atoms with Crippen LogP contribution in [0, 0.1) is 0 Å². The molecule has 4 heteroatoms. The first kappa shape index (κ1) is 14.0. The SMILES string of the molecule is COC(=O)NCCCCCCCCI. The van der Waals surface area contributed by atoms with Gasteiger partial charge in [-0.05, 0) is 17.3 Å². The molecule has 0 saturated carbocycles. The molecule has 3 nitrogen and oxygen atoms in total. The van der Waals surface area contributed by atoms with E-state index >= 15 is 0 Å². The van der Waals surface area contributed by atoms with Crippen LogP contribution in [0.1, 0.15) is 38.5 Å². The molecule has 1 N–H and O–H groups in total. The maximum absolute atomic E-state index is 10.7. The molecule has 0 aliphatic rings. The van der Waals surface area contributed by atoms with Crippen molar-refractivity contribution in [1.82, 2.24) is 5.32 Å². The van der Waals surface area contributed by atoms with Crippen molar-refractivity contribution >= 4 is 28.7 Å². The zero-order chi connectivity index (χ0) is 10.6. The third-order valence-electron chi connectivity index (χ3n) is 2.02. The summed E-state index contributed by atoms with van der Waals surface area (Å²) in [5.74, 6) is 0. The number of nitrogens with one attached hydrogen (secondary N) is 1. The highest BCUT2D eigenvalue weighted by molar-refractivity contribution is 14.1. The quantitative estimate of drug-likeness (QED) is 0.425. The van der Waals surface area contributed by atoms with E-state index in [0.29, 0.717) is 0 Å². The fourth-order valence-electron chi connectivity index (χ4n) is 1.19. The van der Waals surface area contributed by atoms with Gasteiger partial charge in [-0.2, -0.15) is 0 Å². The van der Waals surface area contributed by atoms with E-state index in [1.165, 1.54) is 43.6 Å². The second-order valence-corrected chi connectivity index (χ2v) is 4.31. The summed E-state index contributed by atoms with van der Waals surface area (Å²) in [6.45, 7) is 0.735. The van der Waals surface area contributed by atoms with Crippen LogP contribution < -0.4 is 5.32 Å². The number of hydrogen-bond acceptors (Lipinski definition) is 2. The number of carbonyl (C=O) groups is 1. The molecule has 0 aromatic heterocycles. The predicted octanol–water partition coefficient (Wildman–Crippen LogP) is 3.12. The molecule has 0 saturated heterocycles. The Kier molecular flexibility index (Phi) is 11.1. The van der Waals surface area contributed by atoms with Crippen LogP contribution in [-0.2, 0) is 4.74 Å². The average Bonchev–Trinajstić information content (AvgIpc) is 2.21. The molecule has 0 bridgehead atoms. The molecule has 0 aromatic rings. The number of methoxy groups -OCH3 is 1. The van der Waals surface area contributed by atoms with Crippen LogP contribution in [-0.4, -0.2) is 24.2 Å². The van der Waals surface area contributed by atoms with Gasteiger partial charge in [-0.3, -0.25) is 0 Å². The van der Waals surface area contributed by atoms with Gasteiger partial charge in [0.25, 0.3) is 0 Å². The van der Waals surface area contributed by atoms with Crippen molar-refractivity contribution in [2.75, 3.05) is 18.1 Å². The zero-order valence-corrected chi connectivity index (χ0v) is 11.0. The minimum absolute atomic E-state index is 0.324. The molecule has 0 spiro atoms. The summed E-state index contributed by atoms with van der Waals surface area (Å²) >= 11 is 2.41. The first-order valence-corrected chi connectivity index (χ1v) is 6.71. The lowest BCUT2D eigenvalue weighted by molar-refractivity contribution is 0.171. The third kappa shape index (κ3) is 10.1. The summed E-state index contributed by atoms with van der Waals surface area (Å²) in [5.41, 5.74) is 0. The normalized spacial score (nSPS) is 9.86. The summed E-state index contributed by atoms with van der Waals surface area (Å²) in [7, 11) is 1.39. The van der Waals surface area contributed by atoms with Crippen molar-refractivity contribution in [3.63, 3.8) is 0 Å². The highest BCUT2D eigenvalue weighted by Crippen LogP contribution is 2.05. The van der Waals surface area contributed by atoms with E-state index in [0.717, 1.165) is 13.0 Å². The maximum Gasteiger partial charge on any atom is 0.406 e. The van der Waals surface area contributed by atoms with E-state index in [2.05, 4.69) is 32.6 Å². The van der Waals surface area contributed by atoms with Crippen LogP contribution in [0.25, 0.3) is 0 Å². The molecule has 0 rings (SSSR count). The van der Waals surface area contributed by atoms with Crippen molar-refractivity contribution < 1.29 is 9.53 Å². The van der Waals surface area contributed by atoms with E-state index in [4.69, 9.17) is 0 Å². The Morgan fingerprint density at radius 1 is 1.14 bits per heavy atom. The van der Waals surface area contributed by atoms with E-state index in [-0.39, 0.29) is 6.09 Å². The molecule has 84 valence electrons. The van der Waals surface area contributed by atoms with Crippen molar-refractivity contribution in [2.24, 2.45) is 0 Å². The summed E-state index contributed by atoms with van der Waals surface area (Å²) in [4.78, 5) is 10.7. The summed E-state index contributed by atoms with van der Waals surface area (Å²) in [6, 6.07) is 0. The Balaban J connectivity index is 2.95. The fourth-order valence-corrected chi connectivity index (χ4v) is 1.73. The number of ether oxygens (including phenoxy) is 1. The van der Waals surface area contributed by atoms with Crippen LogP contribution in [0.2, 0.25) is 0 Å². The first-order chi connectivity index (χ1) is 6.81. The monoisotopic (exact) mass is 313 g/mol. The first-order valence-electron chi connectivity index (χ1n) is 5.19. The van der Waals surface area contributed by atoms with Gasteiger partial charge in [-0.25, -0.2) is 4.79 Å². The molecular formula is C10H20INO2.